The van der Waals surface area contributed by atoms with Crippen molar-refractivity contribution in [2.75, 3.05) is 18.2 Å². The number of hydrogen-bond donors (Lipinski definition) is 1. The number of nitrogens with zero attached hydrogens (tertiary/aromatic N) is 3. The van der Waals surface area contributed by atoms with Crippen LogP contribution in [0.4, 0.5) is 10.1 Å². The van der Waals surface area contributed by atoms with E-state index in [1.54, 1.807) is 31.4 Å². The minimum absolute atomic E-state index is 0.151. The lowest BCUT2D eigenvalue weighted by Crippen LogP contribution is -2.14. The van der Waals surface area contributed by atoms with Crippen LogP contribution in [0.25, 0.3) is 11.4 Å². The Morgan fingerprint density at radius 2 is 2.00 bits per heavy atom. The van der Waals surface area contributed by atoms with E-state index in [9.17, 15) is 9.18 Å². The molecule has 6 nitrogen and oxygen atoms in total. The number of hydrogen-bond acceptors (Lipinski definition) is 5. The molecule has 27 heavy (non-hydrogen) atoms. The van der Waals surface area contributed by atoms with E-state index in [1.807, 2.05) is 23.6 Å². The quantitative estimate of drug-likeness (QED) is 0.625. The molecule has 1 aromatic heterocycles. The Morgan fingerprint density at radius 1 is 1.22 bits per heavy atom. The molecule has 0 spiro atoms. The zero-order valence-electron chi connectivity index (χ0n) is 15.0. The number of amides is 1. The van der Waals surface area contributed by atoms with E-state index in [2.05, 4.69) is 15.5 Å². The molecule has 2 aromatic carbocycles. The Kier molecular flexibility index (Phi) is 6.08. The fraction of sp³-hybridized carbons (Fsp3) is 0.211. The molecule has 0 aliphatic heterocycles. The van der Waals surface area contributed by atoms with Gasteiger partial charge >= 0.3 is 0 Å². The number of methoxy groups -OCH3 is 1. The van der Waals surface area contributed by atoms with Crippen molar-refractivity contribution in [2.24, 2.45) is 0 Å². The average Bonchev–Trinajstić information content (AvgIpc) is 3.10. The highest BCUT2D eigenvalue weighted by Gasteiger charge is 2.15. The van der Waals surface area contributed by atoms with Gasteiger partial charge in [-0.1, -0.05) is 17.8 Å². The Bertz CT molecular complexity index is 928. The predicted octanol–water partition coefficient (Wildman–Crippen LogP) is 3.84. The van der Waals surface area contributed by atoms with Gasteiger partial charge in [-0.15, -0.1) is 10.2 Å². The monoisotopic (exact) mass is 386 g/mol. The summed E-state index contributed by atoms with van der Waals surface area (Å²) in [4.78, 5) is 12.2. The molecular formula is C19H19FN4O2S. The van der Waals surface area contributed by atoms with Crippen LogP contribution in [0.1, 0.15) is 6.92 Å². The number of ether oxygens (including phenoxy) is 1. The lowest BCUT2D eigenvalue weighted by molar-refractivity contribution is -0.113. The summed E-state index contributed by atoms with van der Waals surface area (Å²) in [5, 5.41) is 11.8. The summed E-state index contributed by atoms with van der Waals surface area (Å²) in [6, 6.07) is 13.3. The van der Waals surface area contributed by atoms with Crippen LogP contribution >= 0.6 is 11.8 Å². The van der Waals surface area contributed by atoms with Crippen LogP contribution in [0.5, 0.6) is 5.75 Å². The first-order valence-corrected chi connectivity index (χ1v) is 9.35. The molecule has 0 saturated heterocycles. The van der Waals surface area contributed by atoms with Crippen molar-refractivity contribution in [3.05, 3.63) is 54.3 Å². The Hall–Kier alpha value is -2.87. The van der Waals surface area contributed by atoms with Gasteiger partial charge in [0, 0.05) is 23.9 Å². The van der Waals surface area contributed by atoms with Crippen molar-refractivity contribution in [2.45, 2.75) is 18.6 Å². The third-order valence-corrected chi connectivity index (χ3v) is 4.79. The number of nitrogens with one attached hydrogen (secondary N) is 1. The molecular weight excluding hydrogens is 367 g/mol. The Labute approximate surface area is 160 Å². The van der Waals surface area contributed by atoms with Gasteiger partial charge in [0.2, 0.25) is 5.91 Å². The van der Waals surface area contributed by atoms with Crippen LogP contribution in [0.15, 0.2) is 53.7 Å². The largest absolute Gasteiger partial charge is 0.497 e. The highest BCUT2D eigenvalue weighted by Crippen LogP contribution is 2.24. The van der Waals surface area contributed by atoms with Crippen molar-refractivity contribution < 1.29 is 13.9 Å². The van der Waals surface area contributed by atoms with Gasteiger partial charge in [-0.05, 0) is 43.3 Å². The third kappa shape index (κ3) is 4.65. The van der Waals surface area contributed by atoms with E-state index >= 15 is 0 Å². The van der Waals surface area contributed by atoms with Gasteiger partial charge in [-0.3, -0.25) is 4.79 Å². The maximum Gasteiger partial charge on any atom is 0.234 e. The highest BCUT2D eigenvalue weighted by molar-refractivity contribution is 7.99. The second-order valence-corrected chi connectivity index (χ2v) is 6.57. The summed E-state index contributed by atoms with van der Waals surface area (Å²) in [6.45, 7) is 2.61. The summed E-state index contributed by atoms with van der Waals surface area (Å²) in [5.74, 6) is 1.06. The maximum absolute atomic E-state index is 13.1. The number of rotatable bonds is 7. The fourth-order valence-electron chi connectivity index (χ4n) is 2.52. The molecule has 1 N–H and O–H groups in total. The lowest BCUT2D eigenvalue weighted by atomic mass is 10.2. The minimum Gasteiger partial charge on any atom is -0.497 e. The number of thioether (sulfide) groups is 1. The van der Waals surface area contributed by atoms with Gasteiger partial charge in [0.15, 0.2) is 11.0 Å². The number of carbonyl (C=O) groups is 1. The smallest absolute Gasteiger partial charge is 0.234 e. The summed E-state index contributed by atoms with van der Waals surface area (Å²) in [5.41, 5.74) is 1.45. The molecule has 0 radical (unpaired) electrons. The van der Waals surface area contributed by atoms with Gasteiger partial charge in [0.05, 0.1) is 12.9 Å². The normalized spacial score (nSPS) is 10.6. The molecule has 0 aliphatic carbocycles. The standard InChI is InChI=1S/C19H19FN4O2S/c1-3-24-18(13-7-9-14(20)10-8-13)22-23-19(24)27-12-17(25)21-15-5-4-6-16(11-15)26-2/h4-11H,3,12H2,1-2H3,(H,21,25). The number of aromatic nitrogens is 3. The summed E-state index contributed by atoms with van der Waals surface area (Å²) < 4.78 is 20.2. The second kappa shape index (κ2) is 8.68. The second-order valence-electron chi connectivity index (χ2n) is 5.63. The molecule has 1 amide bonds. The zero-order chi connectivity index (χ0) is 19.2. The molecule has 140 valence electrons. The molecule has 0 fully saturated rings. The maximum atomic E-state index is 13.1. The van der Waals surface area contributed by atoms with Gasteiger partial charge in [-0.2, -0.15) is 0 Å². The molecule has 0 aliphatic rings. The van der Waals surface area contributed by atoms with E-state index in [-0.39, 0.29) is 17.5 Å². The SMILES string of the molecule is CCn1c(SCC(=O)Nc2cccc(OC)c2)nnc1-c1ccc(F)cc1. The van der Waals surface area contributed by atoms with Crippen LogP contribution in [-0.2, 0) is 11.3 Å². The van der Waals surface area contributed by atoms with E-state index in [1.165, 1.54) is 23.9 Å². The summed E-state index contributed by atoms with van der Waals surface area (Å²) in [7, 11) is 1.58. The first kappa shape index (κ1) is 18.9. The number of anilines is 1. The van der Waals surface area contributed by atoms with Gasteiger partial charge in [0.1, 0.15) is 11.6 Å². The van der Waals surface area contributed by atoms with Crippen LogP contribution in [0.3, 0.4) is 0 Å². The third-order valence-electron chi connectivity index (χ3n) is 3.82. The van der Waals surface area contributed by atoms with E-state index in [0.717, 1.165) is 5.56 Å². The van der Waals surface area contributed by atoms with Crippen LogP contribution < -0.4 is 10.1 Å². The first-order valence-electron chi connectivity index (χ1n) is 8.36. The molecule has 3 aromatic rings. The molecule has 1 heterocycles. The van der Waals surface area contributed by atoms with E-state index in [0.29, 0.717) is 29.0 Å². The van der Waals surface area contributed by atoms with Crippen molar-refractivity contribution in [3.63, 3.8) is 0 Å². The van der Waals surface area contributed by atoms with Crippen LogP contribution in [-0.4, -0.2) is 33.5 Å². The summed E-state index contributed by atoms with van der Waals surface area (Å²) >= 11 is 1.30. The van der Waals surface area contributed by atoms with Crippen molar-refractivity contribution in [3.8, 4) is 17.1 Å². The number of carbonyl (C=O) groups excluding carboxylic acids is 1. The Balaban J connectivity index is 1.67. The van der Waals surface area contributed by atoms with Crippen molar-refractivity contribution in [1.29, 1.82) is 0 Å². The highest BCUT2D eigenvalue weighted by atomic mass is 32.2. The molecule has 0 saturated carbocycles. The lowest BCUT2D eigenvalue weighted by Gasteiger charge is -2.08. The average molecular weight is 386 g/mol. The minimum atomic E-state index is -0.301. The van der Waals surface area contributed by atoms with Gasteiger partial charge in [0.25, 0.3) is 0 Å². The fourth-order valence-corrected chi connectivity index (χ4v) is 3.32. The van der Waals surface area contributed by atoms with E-state index < -0.39 is 0 Å². The zero-order valence-corrected chi connectivity index (χ0v) is 15.8. The molecule has 0 atom stereocenters. The number of halogens is 1. The molecule has 3 rings (SSSR count). The summed E-state index contributed by atoms with van der Waals surface area (Å²) in [6.07, 6.45) is 0. The molecule has 8 heteroatoms. The molecule has 0 unspecified atom stereocenters. The number of benzene rings is 2. The van der Waals surface area contributed by atoms with E-state index in [4.69, 9.17) is 4.74 Å². The van der Waals surface area contributed by atoms with Crippen LogP contribution in [0.2, 0.25) is 0 Å². The molecule has 0 bridgehead atoms. The van der Waals surface area contributed by atoms with Gasteiger partial charge in [-0.25, -0.2) is 4.39 Å². The van der Waals surface area contributed by atoms with Crippen molar-refractivity contribution >= 4 is 23.4 Å². The first-order chi connectivity index (χ1) is 13.1. The topological polar surface area (TPSA) is 69.0 Å². The Morgan fingerprint density at radius 3 is 2.70 bits per heavy atom. The van der Waals surface area contributed by atoms with Crippen LogP contribution in [0, 0.1) is 5.82 Å². The van der Waals surface area contributed by atoms with Crippen molar-refractivity contribution in [1.82, 2.24) is 14.8 Å². The van der Waals surface area contributed by atoms with Gasteiger partial charge < -0.3 is 14.6 Å². The predicted molar refractivity (Wildman–Crippen MR) is 103 cm³/mol.